The van der Waals surface area contributed by atoms with Gasteiger partial charge in [-0.25, -0.2) is 0 Å². The number of nitrogens with one attached hydrogen (secondary N) is 3. The SMILES string of the molecule is CC(=O)N[C@@H](CCCc1cccc2c1CN(C1CCC(=O)NC1=O)C2=O)C(=O)NCc1ccc(OCCN(C)C)cc1. The van der Waals surface area contributed by atoms with E-state index in [1.807, 2.05) is 55.4 Å². The molecule has 2 aliphatic heterocycles. The smallest absolute Gasteiger partial charge is 0.255 e. The number of benzene rings is 2. The highest BCUT2D eigenvalue weighted by Gasteiger charge is 2.39. The van der Waals surface area contributed by atoms with Crippen LogP contribution in [0.1, 0.15) is 59.7 Å². The van der Waals surface area contributed by atoms with Crippen molar-refractivity contribution in [3.63, 3.8) is 0 Å². The largest absolute Gasteiger partial charge is 0.492 e. The molecule has 4 rings (SSSR count). The van der Waals surface area contributed by atoms with Crippen LogP contribution >= 0.6 is 0 Å². The summed E-state index contributed by atoms with van der Waals surface area (Å²) in [6, 6.07) is 11.7. The highest BCUT2D eigenvalue weighted by Crippen LogP contribution is 2.30. The molecule has 11 nitrogen and oxygen atoms in total. The van der Waals surface area contributed by atoms with E-state index in [0.717, 1.165) is 29.0 Å². The summed E-state index contributed by atoms with van der Waals surface area (Å²) in [6.45, 7) is 3.40. The van der Waals surface area contributed by atoms with Gasteiger partial charge in [0.15, 0.2) is 0 Å². The summed E-state index contributed by atoms with van der Waals surface area (Å²) in [6.07, 6.45) is 2.12. The molecule has 1 fully saturated rings. The predicted octanol–water partition coefficient (Wildman–Crippen LogP) is 1.53. The summed E-state index contributed by atoms with van der Waals surface area (Å²) >= 11 is 0. The molecule has 0 bridgehead atoms. The van der Waals surface area contributed by atoms with Gasteiger partial charge in [0.05, 0.1) is 0 Å². The van der Waals surface area contributed by atoms with Crippen LogP contribution in [-0.2, 0) is 38.7 Å². The second-order valence-electron chi connectivity index (χ2n) is 11.0. The van der Waals surface area contributed by atoms with Gasteiger partial charge in [-0.3, -0.25) is 29.3 Å². The van der Waals surface area contributed by atoms with Crippen LogP contribution in [0.15, 0.2) is 42.5 Å². The summed E-state index contributed by atoms with van der Waals surface area (Å²) < 4.78 is 5.71. The van der Waals surface area contributed by atoms with Crippen molar-refractivity contribution in [1.82, 2.24) is 25.8 Å². The van der Waals surface area contributed by atoms with E-state index in [1.165, 1.54) is 11.8 Å². The van der Waals surface area contributed by atoms with Crippen LogP contribution < -0.4 is 20.7 Å². The Morgan fingerprint density at radius 3 is 2.57 bits per heavy atom. The third-order valence-corrected chi connectivity index (χ3v) is 7.51. The maximum atomic E-state index is 13.1. The van der Waals surface area contributed by atoms with Gasteiger partial charge in [0.25, 0.3) is 5.91 Å². The number of imide groups is 1. The first-order valence-electron chi connectivity index (χ1n) is 14.3. The quantitative estimate of drug-likeness (QED) is 0.307. The molecule has 0 aromatic heterocycles. The molecular formula is C31H39N5O6. The summed E-state index contributed by atoms with van der Waals surface area (Å²) in [7, 11) is 3.97. The molecule has 2 aromatic rings. The molecule has 42 heavy (non-hydrogen) atoms. The van der Waals surface area contributed by atoms with Crippen LogP contribution in [0.3, 0.4) is 0 Å². The molecule has 2 atom stereocenters. The first-order valence-corrected chi connectivity index (χ1v) is 14.3. The monoisotopic (exact) mass is 577 g/mol. The third-order valence-electron chi connectivity index (χ3n) is 7.51. The Bertz CT molecular complexity index is 1330. The van der Waals surface area contributed by atoms with Crippen LogP contribution in [-0.4, -0.2) is 78.7 Å². The summed E-state index contributed by atoms with van der Waals surface area (Å²) in [5, 5.41) is 7.99. The number of likely N-dealkylation sites (N-methyl/N-ethyl adjacent to an activating group) is 1. The molecule has 11 heteroatoms. The van der Waals surface area contributed by atoms with Crippen LogP contribution in [0.2, 0.25) is 0 Å². The van der Waals surface area contributed by atoms with Crippen molar-refractivity contribution in [3.8, 4) is 5.75 Å². The number of hydrogen-bond donors (Lipinski definition) is 3. The van der Waals surface area contributed by atoms with Crippen molar-refractivity contribution in [2.75, 3.05) is 27.2 Å². The van der Waals surface area contributed by atoms with E-state index in [0.29, 0.717) is 50.9 Å². The topological polar surface area (TPSA) is 137 Å². The van der Waals surface area contributed by atoms with Gasteiger partial charge >= 0.3 is 0 Å². The van der Waals surface area contributed by atoms with E-state index in [2.05, 4.69) is 16.0 Å². The zero-order valence-corrected chi connectivity index (χ0v) is 24.4. The van der Waals surface area contributed by atoms with Crippen molar-refractivity contribution < 1.29 is 28.7 Å². The van der Waals surface area contributed by atoms with Crippen molar-refractivity contribution in [2.24, 2.45) is 0 Å². The van der Waals surface area contributed by atoms with E-state index < -0.39 is 18.0 Å². The third kappa shape index (κ3) is 7.94. The molecule has 2 aliphatic rings. The normalized spacial score (nSPS) is 17.1. The second kappa shape index (κ2) is 14.1. The molecule has 2 aromatic carbocycles. The number of piperidine rings is 1. The fraction of sp³-hybridized carbons (Fsp3) is 0.452. The van der Waals surface area contributed by atoms with Crippen LogP contribution in [0, 0.1) is 0 Å². The Balaban J connectivity index is 1.31. The molecule has 0 aliphatic carbocycles. The maximum Gasteiger partial charge on any atom is 0.255 e. The van der Waals surface area contributed by atoms with Crippen molar-refractivity contribution in [1.29, 1.82) is 0 Å². The summed E-state index contributed by atoms with van der Waals surface area (Å²) in [4.78, 5) is 65.5. The Morgan fingerprint density at radius 1 is 1.12 bits per heavy atom. The number of amides is 5. The molecule has 3 N–H and O–H groups in total. The van der Waals surface area contributed by atoms with Crippen molar-refractivity contribution >= 4 is 29.5 Å². The van der Waals surface area contributed by atoms with E-state index >= 15 is 0 Å². The van der Waals surface area contributed by atoms with Gasteiger partial charge in [-0.15, -0.1) is 0 Å². The van der Waals surface area contributed by atoms with Gasteiger partial charge in [0, 0.05) is 38.5 Å². The Hall–Kier alpha value is -4.25. The lowest BCUT2D eigenvalue weighted by molar-refractivity contribution is -0.137. The minimum atomic E-state index is -0.700. The minimum Gasteiger partial charge on any atom is -0.492 e. The molecular weight excluding hydrogens is 538 g/mol. The number of nitrogens with zero attached hydrogens (tertiary/aromatic N) is 2. The van der Waals surface area contributed by atoms with E-state index in [9.17, 15) is 24.0 Å². The Morgan fingerprint density at radius 2 is 1.88 bits per heavy atom. The van der Waals surface area contributed by atoms with Gasteiger partial charge in [0.1, 0.15) is 24.4 Å². The molecule has 1 saturated heterocycles. The van der Waals surface area contributed by atoms with Crippen molar-refractivity contribution in [2.45, 2.75) is 64.2 Å². The Kier molecular flexibility index (Phi) is 10.3. The van der Waals surface area contributed by atoms with Gasteiger partial charge in [0.2, 0.25) is 23.6 Å². The van der Waals surface area contributed by atoms with Crippen LogP contribution in [0.25, 0.3) is 0 Å². The first kappa shape index (κ1) is 30.7. The van der Waals surface area contributed by atoms with E-state index in [4.69, 9.17) is 4.74 Å². The fourth-order valence-corrected chi connectivity index (χ4v) is 5.26. The number of ether oxygens (including phenoxy) is 1. The number of rotatable bonds is 13. The second-order valence-corrected chi connectivity index (χ2v) is 11.0. The zero-order valence-electron chi connectivity index (χ0n) is 24.4. The van der Waals surface area contributed by atoms with Crippen LogP contribution in [0.4, 0.5) is 0 Å². The maximum absolute atomic E-state index is 13.1. The molecule has 0 saturated carbocycles. The first-order chi connectivity index (χ1) is 20.1. The predicted molar refractivity (Wildman–Crippen MR) is 155 cm³/mol. The van der Waals surface area contributed by atoms with Crippen molar-refractivity contribution in [3.05, 3.63) is 64.7 Å². The number of carbonyl (C=O) groups is 5. The molecule has 0 spiro atoms. The fourth-order valence-electron chi connectivity index (χ4n) is 5.26. The van der Waals surface area contributed by atoms with Gasteiger partial charge in [-0.1, -0.05) is 24.3 Å². The molecule has 5 amide bonds. The molecule has 224 valence electrons. The average Bonchev–Trinajstić information content (AvgIpc) is 3.28. The Labute approximate surface area is 246 Å². The summed E-state index contributed by atoms with van der Waals surface area (Å²) in [5.41, 5.74) is 3.30. The minimum absolute atomic E-state index is 0.201. The number of carbonyl (C=O) groups excluding carboxylic acids is 5. The zero-order chi connectivity index (χ0) is 30.2. The molecule has 1 unspecified atom stereocenters. The average molecular weight is 578 g/mol. The van der Waals surface area contributed by atoms with E-state index in [-0.39, 0.29) is 30.0 Å². The number of hydrogen-bond acceptors (Lipinski definition) is 7. The lowest BCUT2D eigenvalue weighted by atomic mass is 9.97. The van der Waals surface area contributed by atoms with Gasteiger partial charge in [-0.2, -0.15) is 0 Å². The number of aryl methyl sites for hydroxylation is 1. The highest BCUT2D eigenvalue weighted by atomic mass is 16.5. The molecule has 2 heterocycles. The van der Waals surface area contributed by atoms with Gasteiger partial charge < -0.3 is 25.2 Å². The lowest BCUT2D eigenvalue weighted by Crippen LogP contribution is -2.52. The molecule has 0 radical (unpaired) electrons. The number of fused-ring (bicyclic) bond motifs is 1. The standard InChI is InChI=1S/C31H39N5O6/c1-20(37)33-26(29(39)32-18-21-10-12-23(13-11-21)42-17-16-35(2)3)9-5-7-22-6-4-8-24-25(22)19-36(31(24)41)27-14-15-28(38)34-30(27)40/h4,6,8,10-13,26-27H,5,7,9,14-19H2,1-3H3,(H,32,39)(H,33,37)(H,34,38,40)/t26-,27?/m0/s1. The van der Waals surface area contributed by atoms with Crippen LogP contribution in [0.5, 0.6) is 5.75 Å². The van der Waals surface area contributed by atoms with Gasteiger partial charge in [-0.05, 0) is 74.7 Å². The summed E-state index contributed by atoms with van der Waals surface area (Å²) in [5.74, 6) is -0.781. The lowest BCUT2D eigenvalue weighted by Gasteiger charge is -2.29. The highest BCUT2D eigenvalue weighted by molar-refractivity contribution is 6.05. The van der Waals surface area contributed by atoms with E-state index in [1.54, 1.807) is 6.07 Å².